The van der Waals surface area contributed by atoms with Crippen molar-refractivity contribution in [2.75, 3.05) is 20.1 Å². The van der Waals surface area contributed by atoms with Crippen molar-refractivity contribution in [3.05, 3.63) is 65.7 Å². The molecule has 0 saturated carbocycles. The van der Waals surface area contributed by atoms with Gasteiger partial charge in [0.1, 0.15) is 5.82 Å². The minimum atomic E-state index is -0.173. The highest BCUT2D eigenvalue weighted by Crippen LogP contribution is 2.35. The third-order valence-corrected chi connectivity index (χ3v) is 4.98. The van der Waals surface area contributed by atoms with Crippen LogP contribution in [0.1, 0.15) is 30.5 Å². The van der Waals surface area contributed by atoms with Crippen LogP contribution in [0.5, 0.6) is 0 Å². The Morgan fingerprint density at radius 2 is 2.08 bits per heavy atom. The zero-order valence-electron chi connectivity index (χ0n) is 14.5. The quantitative estimate of drug-likeness (QED) is 0.881. The van der Waals surface area contributed by atoms with Gasteiger partial charge >= 0.3 is 0 Å². The number of hydrogen-bond acceptors (Lipinski definition) is 3. The molecule has 3 atom stereocenters. The maximum Gasteiger partial charge on any atom is 0.123 e. The maximum atomic E-state index is 13.0. The van der Waals surface area contributed by atoms with E-state index in [4.69, 9.17) is 0 Å². The molecule has 1 fully saturated rings. The van der Waals surface area contributed by atoms with Crippen molar-refractivity contribution in [2.24, 2.45) is 5.92 Å². The second-order valence-corrected chi connectivity index (χ2v) is 6.90. The van der Waals surface area contributed by atoms with E-state index < -0.39 is 0 Å². The Kier molecular flexibility index (Phi) is 5.59. The lowest BCUT2D eigenvalue weighted by Crippen LogP contribution is -2.35. The lowest BCUT2D eigenvalue weighted by molar-refractivity contribution is 0.268. The topological polar surface area (TPSA) is 28.2 Å². The minimum Gasteiger partial charge on any atom is -0.314 e. The molecule has 1 N–H and O–H groups in total. The van der Waals surface area contributed by atoms with Crippen LogP contribution in [0.3, 0.4) is 0 Å². The van der Waals surface area contributed by atoms with E-state index in [1.54, 1.807) is 0 Å². The Labute approximate surface area is 143 Å². The molecule has 0 spiro atoms. The van der Waals surface area contributed by atoms with E-state index in [1.165, 1.54) is 29.7 Å². The number of benzene rings is 1. The molecule has 2 aromatic rings. The van der Waals surface area contributed by atoms with Crippen LogP contribution in [0.2, 0.25) is 0 Å². The first-order chi connectivity index (χ1) is 11.6. The molecule has 1 unspecified atom stereocenters. The van der Waals surface area contributed by atoms with Gasteiger partial charge in [0.15, 0.2) is 0 Å². The lowest BCUT2D eigenvalue weighted by atomic mass is 9.94. The van der Waals surface area contributed by atoms with Crippen molar-refractivity contribution in [1.82, 2.24) is 15.2 Å². The number of hydrogen-bond donors (Lipinski definition) is 1. The largest absolute Gasteiger partial charge is 0.314 e. The molecule has 1 saturated heterocycles. The molecule has 2 heterocycles. The molecule has 1 aromatic carbocycles. The average Bonchev–Trinajstić information content (AvgIpc) is 2.96. The maximum absolute atomic E-state index is 13.0. The fourth-order valence-corrected chi connectivity index (χ4v) is 3.72. The highest BCUT2D eigenvalue weighted by atomic mass is 19.1. The first-order valence-electron chi connectivity index (χ1n) is 8.71. The molecule has 3 nitrogen and oxygen atoms in total. The predicted octanol–water partition coefficient (Wildman–Crippen LogP) is 3.43. The van der Waals surface area contributed by atoms with Crippen LogP contribution in [0.15, 0.2) is 48.8 Å². The smallest absolute Gasteiger partial charge is 0.123 e. The molecular formula is C20H26FN3. The molecule has 0 radical (unpaired) electrons. The minimum absolute atomic E-state index is 0.173. The molecule has 0 bridgehead atoms. The van der Waals surface area contributed by atoms with Crippen molar-refractivity contribution in [3.8, 4) is 0 Å². The fraction of sp³-hybridized carbons (Fsp3) is 0.450. The van der Waals surface area contributed by atoms with E-state index in [-0.39, 0.29) is 5.82 Å². The van der Waals surface area contributed by atoms with Crippen LogP contribution < -0.4 is 5.32 Å². The highest BCUT2D eigenvalue weighted by Gasteiger charge is 2.32. The number of aromatic nitrogens is 1. The fourth-order valence-electron chi connectivity index (χ4n) is 3.72. The summed E-state index contributed by atoms with van der Waals surface area (Å²) in [6, 6.07) is 11.8. The van der Waals surface area contributed by atoms with Gasteiger partial charge in [0.2, 0.25) is 0 Å². The van der Waals surface area contributed by atoms with Gasteiger partial charge < -0.3 is 5.32 Å². The van der Waals surface area contributed by atoms with Crippen molar-refractivity contribution in [3.63, 3.8) is 0 Å². The number of halogens is 1. The Balaban J connectivity index is 1.56. The zero-order valence-corrected chi connectivity index (χ0v) is 14.5. The summed E-state index contributed by atoms with van der Waals surface area (Å²) in [6.07, 6.45) is 5.94. The van der Waals surface area contributed by atoms with E-state index in [0.29, 0.717) is 18.0 Å². The van der Waals surface area contributed by atoms with Gasteiger partial charge in [-0.05, 0) is 68.6 Å². The van der Waals surface area contributed by atoms with Gasteiger partial charge in [-0.25, -0.2) is 4.39 Å². The monoisotopic (exact) mass is 327 g/mol. The first kappa shape index (κ1) is 17.1. The van der Waals surface area contributed by atoms with Gasteiger partial charge in [0.25, 0.3) is 0 Å². The second kappa shape index (κ2) is 7.86. The van der Waals surface area contributed by atoms with Crippen LogP contribution in [0.25, 0.3) is 0 Å². The van der Waals surface area contributed by atoms with E-state index in [1.807, 2.05) is 30.6 Å². The van der Waals surface area contributed by atoms with Gasteiger partial charge in [-0.1, -0.05) is 18.2 Å². The molecule has 128 valence electrons. The molecular weight excluding hydrogens is 301 g/mol. The number of nitrogens with zero attached hydrogens (tertiary/aromatic N) is 2. The molecule has 1 aliphatic rings. The van der Waals surface area contributed by atoms with Gasteiger partial charge in [-0.3, -0.25) is 9.88 Å². The van der Waals surface area contributed by atoms with Crippen molar-refractivity contribution >= 4 is 0 Å². The summed E-state index contributed by atoms with van der Waals surface area (Å²) in [7, 11) is 2.19. The molecule has 1 aromatic heterocycles. The number of likely N-dealkylation sites (tertiary alicyclic amines) is 1. The van der Waals surface area contributed by atoms with E-state index >= 15 is 0 Å². The van der Waals surface area contributed by atoms with Crippen LogP contribution in [-0.2, 0) is 6.42 Å². The molecule has 1 aliphatic heterocycles. The van der Waals surface area contributed by atoms with E-state index in [0.717, 1.165) is 19.5 Å². The van der Waals surface area contributed by atoms with Gasteiger partial charge in [0, 0.05) is 31.0 Å². The summed E-state index contributed by atoms with van der Waals surface area (Å²) >= 11 is 0. The van der Waals surface area contributed by atoms with Crippen LogP contribution in [-0.4, -0.2) is 36.1 Å². The summed E-state index contributed by atoms with van der Waals surface area (Å²) in [4.78, 5) is 6.70. The average molecular weight is 327 g/mol. The third-order valence-electron chi connectivity index (χ3n) is 4.98. The SMILES string of the molecule is CC(Cc1ccc(F)cc1)NC[C@@H]1CCN(C)[C@H]1c1cccnc1. The lowest BCUT2D eigenvalue weighted by Gasteiger charge is -2.26. The summed E-state index contributed by atoms with van der Waals surface area (Å²) in [5.41, 5.74) is 2.47. The summed E-state index contributed by atoms with van der Waals surface area (Å²) in [5, 5.41) is 3.67. The number of nitrogens with one attached hydrogen (secondary N) is 1. The first-order valence-corrected chi connectivity index (χ1v) is 8.71. The van der Waals surface area contributed by atoms with Crippen molar-refractivity contribution in [2.45, 2.75) is 31.8 Å². The van der Waals surface area contributed by atoms with E-state index in [9.17, 15) is 4.39 Å². The van der Waals surface area contributed by atoms with E-state index in [2.05, 4.69) is 35.2 Å². The molecule has 4 heteroatoms. The van der Waals surface area contributed by atoms with Crippen LogP contribution in [0.4, 0.5) is 4.39 Å². The van der Waals surface area contributed by atoms with Crippen molar-refractivity contribution < 1.29 is 4.39 Å². The number of pyridine rings is 1. The molecule has 0 aliphatic carbocycles. The normalized spacial score (nSPS) is 22.6. The summed E-state index contributed by atoms with van der Waals surface area (Å²) in [5.74, 6) is 0.419. The standard InChI is InChI=1S/C20H26FN3/c1-15(12-16-5-7-19(21)8-6-16)23-14-18-9-11-24(2)20(18)17-4-3-10-22-13-17/h3-8,10,13,15,18,20,23H,9,11-12,14H2,1-2H3/t15?,18-,20-/m0/s1. The third kappa shape index (κ3) is 4.19. The zero-order chi connectivity index (χ0) is 16.9. The molecule has 0 amide bonds. The van der Waals surface area contributed by atoms with Gasteiger partial charge in [-0.15, -0.1) is 0 Å². The van der Waals surface area contributed by atoms with Crippen LogP contribution >= 0.6 is 0 Å². The summed E-state index contributed by atoms with van der Waals surface area (Å²) < 4.78 is 13.0. The predicted molar refractivity (Wildman–Crippen MR) is 95.3 cm³/mol. The Hall–Kier alpha value is -1.78. The van der Waals surface area contributed by atoms with Crippen LogP contribution in [0, 0.1) is 11.7 Å². The Bertz CT molecular complexity index is 629. The Morgan fingerprint density at radius 1 is 1.29 bits per heavy atom. The van der Waals surface area contributed by atoms with Gasteiger partial charge in [0.05, 0.1) is 0 Å². The highest BCUT2D eigenvalue weighted by molar-refractivity contribution is 5.18. The number of rotatable bonds is 6. The van der Waals surface area contributed by atoms with Crippen molar-refractivity contribution in [1.29, 1.82) is 0 Å². The Morgan fingerprint density at radius 3 is 2.79 bits per heavy atom. The summed E-state index contributed by atoms with van der Waals surface area (Å²) in [6.45, 7) is 4.31. The second-order valence-electron chi connectivity index (χ2n) is 6.90. The molecule has 24 heavy (non-hydrogen) atoms. The van der Waals surface area contributed by atoms with Gasteiger partial charge in [-0.2, -0.15) is 0 Å². The molecule has 3 rings (SSSR count).